The summed E-state index contributed by atoms with van der Waals surface area (Å²) in [6.07, 6.45) is 4.33. The van der Waals surface area contributed by atoms with Gasteiger partial charge in [0.05, 0.1) is 12.2 Å². The van der Waals surface area contributed by atoms with Crippen LogP contribution in [0.1, 0.15) is 49.9 Å². The normalized spacial score (nSPS) is 10.0. The van der Waals surface area contributed by atoms with Crippen molar-refractivity contribution in [2.75, 3.05) is 11.9 Å². The summed E-state index contributed by atoms with van der Waals surface area (Å²) in [6.45, 7) is 4.05. The van der Waals surface area contributed by atoms with Gasteiger partial charge in [-0.3, -0.25) is 4.79 Å². The number of hydrogen-bond donors (Lipinski definition) is 1. The number of nitrogens with one attached hydrogen (secondary N) is 1. The second kappa shape index (κ2) is 8.29. The van der Waals surface area contributed by atoms with Gasteiger partial charge in [-0.1, -0.05) is 26.2 Å². The fourth-order valence-corrected chi connectivity index (χ4v) is 1.67. The van der Waals surface area contributed by atoms with Crippen molar-refractivity contribution in [1.82, 2.24) is 0 Å². The van der Waals surface area contributed by atoms with Gasteiger partial charge in [0, 0.05) is 12.6 Å². The molecule has 0 bridgehead atoms. The van der Waals surface area contributed by atoms with Crippen molar-refractivity contribution >= 4 is 17.6 Å². The van der Waals surface area contributed by atoms with E-state index in [1.165, 1.54) is 19.8 Å². The molecular weight excluding hydrogens is 242 g/mol. The molecule has 0 radical (unpaired) electrons. The lowest BCUT2D eigenvalue weighted by atomic mass is 10.2. The fraction of sp³-hybridized carbons (Fsp3) is 0.467. The maximum Gasteiger partial charge on any atom is 0.338 e. The Labute approximate surface area is 114 Å². The number of anilines is 1. The summed E-state index contributed by atoms with van der Waals surface area (Å²) in [4.78, 5) is 22.6. The number of benzene rings is 1. The molecule has 1 N–H and O–H groups in total. The molecule has 0 unspecified atom stereocenters. The minimum absolute atomic E-state index is 0.133. The van der Waals surface area contributed by atoms with Crippen molar-refractivity contribution in [3.8, 4) is 0 Å². The summed E-state index contributed by atoms with van der Waals surface area (Å²) in [5.74, 6) is -0.447. The predicted molar refractivity (Wildman–Crippen MR) is 75.2 cm³/mol. The van der Waals surface area contributed by atoms with Gasteiger partial charge in [-0.25, -0.2) is 4.79 Å². The molecule has 0 saturated heterocycles. The Morgan fingerprint density at radius 3 is 2.37 bits per heavy atom. The highest BCUT2D eigenvalue weighted by Gasteiger charge is 2.06. The lowest BCUT2D eigenvalue weighted by molar-refractivity contribution is -0.114. The molecule has 1 amide bonds. The van der Waals surface area contributed by atoms with Gasteiger partial charge in [0.2, 0.25) is 5.91 Å². The van der Waals surface area contributed by atoms with Crippen LogP contribution < -0.4 is 5.32 Å². The highest BCUT2D eigenvalue weighted by molar-refractivity contribution is 5.92. The van der Waals surface area contributed by atoms with Crippen molar-refractivity contribution in [2.45, 2.75) is 39.5 Å². The topological polar surface area (TPSA) is 55.4 Å². The zero-order valence-corrected chi connectivity index (χ0v) is 11.6. The van der Waals surface area contributed by atoms with Crippen LogP contribution in [0.3, 0.4) is 0 Å². The van der Waals surface area contributed by atoms with Crippen molar-refractivity contribution < 1.29 is 14.3 Å². The smallest absolute Gasteiger partial charge is 0.338 e. The van der Waals surface area contributed by atoms with Crippen LogP contribution in [-0.2, 0) is 9.53 Å². The van der Waals surface area contributed by atoms with Crippen LogP contribution in [0.15, 0.2) is 24.3 Å². The van der Waals surface area contributed by atoms with Crippen LogP contribution in [0.25, 0.3) is 0 Å². The van der Waals surface area contributed by atoms with Gasteiger partial charge >= 0.3 is 5.97 Å². The molecule has 0 atom stereocenters. The van der Waals surface area contributed by atoms with Gasteiger partial charge in [0.25, 0.3) is 0 Å². The molecular formula is C15H21NO3. The van der Waals surface area contributed by atoms with Crippen molar-refractivity contribution in [2.24, 2.45) is 0 Å². The summed E-state index contributed by atoms with van der Waals surface area (Å²) in [5.41, 5.74) is 1.18. The average Bonchev–Trinajstić information content (AvgIpc) is 2.38. The minimum Gasteiger partial charge on any atom is -0.462 e. The van der Waals surface area contributed by atoms with Crippen LogP contribution in [0.4, 0.5) is 5.69 Å². The Bertz CT molecular complexity index is 412. The van der Waals surface area contributed by atoms with Gasteiger partial charge in [0.1, 0.15) is 0 Å². The number of amides is 1. The molecule has 1 rings (SSSR count). The molecule has 0 aliphatic heterocycles. The Hall–Kier alpha value is -1.84. The predicted octanol–water partition coefficient (Wildman–Crippen LogP) is 3.38. The highest BCUT2D eigenvalue weighted by Crippen LogP contribution is 2.11. The van der Waals surface area contributed by atoms with Gasteiger partial charge in [0.15, 0.2) is 0 Å². The van der Waals surface area contributed by atoms with E-state index in [0.29, 0.717) is 17.9 Å². The molecule has 1 aromatic carbocycles. The summed E-state index contributed by atoms with van der Waals surface area (Å²) in [6, 6.07) is 6.68. The number of unbranched alkanes of at least 4 members (excludes halogenated alkanes) is 3. The standard InChI is InChI=1S/C15H21NO3/c1-3-4-5-6-11-19-15(18)13-7-9-14(10-8-13)16-12(2)17/h7-10H,3-6,11H2,1-2H3,(H,16,17). The van der Waals surface area contributed by atoms with Crippen LogP contribution in [0, 0.1) is 0 Å². The Morgan fingerprint density at radius 1 is 1.11 bits per heavy atom. The lowest BCUT2D eigenvalue weighted by Crippen LogP contribution is -2.08. The molecule has 0 fully saturated rings. The summed E-state index contributed by atoms with van der Waals surface area (Å²) >= 11 is 0. The van der Waals surface area contributed by atoms with Gasteiger partial charge in [-0.05, 0) is 30.7 Å². The third-order valence-corrected chi connectivity index (χ3v) is 2.67. The van der Waals surface area contributed by atoms with E-state index in [1.807, 2.05) is 0 Å². The maximum absolute atomic E-state index is 11.7. The average molecular weight is 263 g/mol. The molecule has 1 aromatic rings. The van der Waals surface area contributed by atoms with Crippen molar-refractivity contribution in [1.29, 1.82) is 0 Å². The summed E-state index contributed by atoms with van der Waals surface area (Å²) < 4.78 is 5.17. The van der Waals surface area contributed by atoms with E-state index < -0.39 is 0 Å². The van der Waals surface area contributed by atoms with E-state index in [9.17, 15) is 9.59 Å². The lowest BCUT2D eigenvalue weighted by Gasteiger charge is -2.06. The van der Waals surface area contributed by atoms with Gasteiger partial charge in [-0.2, -0.15) is 0 Å². The number of esters is 1. The first-order valence-electron chi connectivity index (χ1n) is 6.68. The van der Waals surface area contributed by atoms with Gasteiger partial charge < -0.3 is 10.1 Å². The van der Waals surface area contributed by atoms with Crippen LogP contribution in [0.5, 0.6) is 0 Å². The molecule has 104 valence electrons. The summed E-state index contributed by atoms with van der Waals surface area (Å²) in [5, 5.41) is 2.65. The van der Waals surface area contributed by atoms with E-state index in [-0.39, 0.29) is 11.9 Å². The van der Waals surface area contributed by atoms with Crippen LogP contribution in [-0.4, -0.2) is 18.5 Å². The molecule has 0 saturated carbocycles. The molecule has 0 spiro atoms. The fourth-order valence-electron chi connectivity index (χ4n) is 1.67. The SMILES string of the molecule is CCCCCCOC(=O)c1ccc(NC(C)=O)cc1. The van der Waals surface area contributed by atoms with Crippen LogP contribution in [0.2, 0.25) is 0 Å². The highest BCUT2D eigenvalue weighted by atomic mass is 16.5. The first-order valence-corrected chi connectivity index (χ1v) is 6.68. The zero-order valence-electron chi connectivity index (χ0n) is 11.6. The van der Waals surface area contributed by atoms with Gasteiger partial charge in [-0.15, -0.1) is 0 Å². The van der Waals surface area contributed by atoms with Crippen molar-refractivity contribution in [3.63, 3.8) is 0 Å². The molecule has 0 heterocycles. The second-order valence-electron chi connectivity index (χ2n) is 4.46. The number of carbonyl (C=O) groups is 2. The molecule has 4 nitrogen and oxygen atoms in total. The molecule has 0 aromatic heterocycles. The first-order chi connectivity index (χ1) is 9.13. The zero-order chi connectivity index (χ0) is 14.1. The molecule has 4 heteroatoms. The first kappa shape index (κ1) is 15.2. The number of hydrogen-bond acceptors (Lipinski definition) is 3. The molecule has 0 aliphatic rings. The molecule has 19 heavy (non-hydrogen) atoms. The quantitative estimate of drug-likeness (QED) is 0.606. The third kappa shape index (κ3) is 6.04. The Morgan fingerprint density at radius 2 is 1.79 bits per heavy atom. The second-order valence-corrected chi connectivity index (χ2v) is 4.46. The van der Waals surface area contributed by atoms with Crippen LogP contribution >= 0.6 is 0 Å². The minimum atomic E-state index is -0.314. The third-order valence-electron chi connectivity index (χ3n) is 2.67. The van der Waals surface area contributed by atoms with E-state index in [4.69, 9.17) is 4.74 Å². The monoisotopic (exact) mass is 263 g/mol. The number of ether oxygens (including phenoxy) is 1. The van der Waals surface area contributed by atoms with E-state index in [0.717, 1.165) is 12.8 Å². The van der Waals surface area contributed by atoms with Crippen molar-refractivity contribution in [3.05, 3.63) is 29.8 Å². The maximum atomic E-state index is 11.7. The van der Waals surface area contributed by atoms with E-state index >= 15 is 0 Å². The number of carbonyl (C=O) groups excluding carboxylic acids is 2. The molecule has 0 aliphatic carbocycles. The Kier molecular flexibility index (Phi) is 6.64. The van der Waals surface area contributed by atoms with E-state index in [2.05, 4.69) is 12.2 Å². The largest absolute Gasteiger partial charge is 0.462 e. The summed E-state index contributed by atoms with van der Waals surface area (Å²) in [7, 11) is 0. The Balaban J connectivity index is 2.38. The number of rotatable bonds is 7. The van der Waals surface area contributed by atoms with E-state index in [1.54, 1.807) is 24.3 Å².